The second-order valence-corrected chi connectivity index (χ2v) is 6.49. The van der Waals surface area contributed by atoms with Gasteiger partial charge in [0.1, 0.15) is 12.1 Å². The van der Waals surface area contributed by atoms with Gasteiger partial charge in [-0.05, 0) is 26.2 Å². The van der Waals surface area contributed by atoms with Crippen LogP contribution in [-0.2, 0) is 6.42 Å². The van der Waals surface area contributed by atoms with Gasteiger partial charge in [-0.25, -0.2) is 9.97 Å². The molecule has 3 rings (SSSR count). The van der Waals surface area contributed by atoms with Crippen LogP contribution in [0.2, 0.25) is 0 Å². The zero-order valence-corrected chi connectivity index (χ0v) is 14.5. The molecule has 2 aromatic rings. The summed E-state index contributed by atoms with van der Waals surface area (Å²) in [5, 5.41) is 17.4. The number of hydrogen-bond donors (Lipinski definition) is 2. The Balaban J connectivity index is 1.62. The van der Waals surface area contributed by atoms with E-state index in [1.54, 1.807) is 6.07 Å². The van der Waals surface area contributed by atoms with Gasteiger partial charge in [0, 0.05) is 37.5 Å². The molecule has 3 heterocycles. The number of nitrogens with zero attached hydrogens (tertiary/aromatic N) is 4. The average Bonchev–Trinajstić information content (AvgIpc) is 3.09. The van der Waals surface area contributed by atoms with E-state index in [2.05, 4.69) is 20.4 Å². The molecular weight excluding hydrogens is 322 g/mol. The first-order valence-electron chi connectivity index (χ1n) is 8.49. The lowest BCUT2D eigenvalue weighted by Crippen LogP contribution is -2.54. The minimum absolute atomic E-state index is 0.147. The highest BCUT2D eigenvalue weighted by atomic mass is 16.5. The van der Waals surface area contributed by atoms with Crippen LogP contribution in [0.4, 0.5) is 5.82 Å². The molecule has 0 aromatic carbocycles. The Morgan fingerprint density at radius 3 is 3.00 bits per heavy atom. The summed E-state index contributed by atoms with van der Waals surface area (Å²) in [7, 11) is 0. The molecule has 0 aliphatic carbocycles. The molecule has 0 spiro atoms. The van der Waals surface area contributed by atoms with Gasteiger partial charge in [-0.2, -0.15) is 0 Å². The van der Waals surface area contributed by atoms with E-state index in [0.717, 1.165) is 30.2 Å². The number of rotatable bonds is 5. The van der Waals surface area contributed by atoms with Crippen molar-refractivity contribution in [3.05, 3.63) is 35.6 Å². The summed E-state index contributed by atoms with van der Waals surface area (Å²) in [5.74, 6) is 0.593. The molecule has 1 fully saturated rings. The van der Waals surface area contributed by atoms with E-state index in [1.165, 1.54) is 6.33 Å². The fourth-order valence-electron chi connectivity index (χ4n) is 2.98. The molecule has 134 valence electrons. The Morgan fingerprint density at radius 2 is 2.28 bits per heavy atom. The van der Waals surface area contributed by atoms with Crippen molar-refractivity contribution in [3.8, 4) is 0 Å². The zero-order valence-electron chi connectivity index (χ0n) is 14.5. The first-order chi connectivity index (χ1) is 12.0. The maximum absolute atomic E-state index is 12.2. The number of hydrogen-bond acceptors (Lipinski definition) is 7. The predicted molar refractivity (Wildman–Crippen MR) is 91.4 cm³/mol. The molecule has 0 bridgehead atoms. The molecule has 0 unspecified atom stereocenters. The van der Waals surface area contributed by atoms with Crippen LogP contribution >= 0.6 is 0 Å². The first-order valence-corrected chi connectivity index (χ1v) is 8.49. The van der Waals surface area contributed by atoms with Gasteiger partial charge >= 0.3 is 0 Å². The summed E-state index contributed by atoms with van der Waals surface area (Å²) in [5.41, 5.74) is 0.594. The largest absolute Gasteiger partial charge is 0.386 e. The molecule has 2 aromatic heterocycles. The lowest BCUT2D eigenvalue weighted by molar-refractivity contribution is 0.0250. The van der Waals surface area contributed by atoms with Gasteiger partial charge in [0.25, 0.3) is 5.91 Å². The van der Waals surface area contributed by atoms with Gasteiger partial charge in [0.15, 0.2) is 0 Å². The quantitative estimate of drug-likeness (QED) is 0.836. The molecule has 1 atom stereocenters. The molecule has 1 saturated heterocycles. The SMILES string of the molecule is CCc1cc(C(=O)NC[C@@]2(O)CCCN(c3cc(C)ncn3)C2)on1. The van der Waals surface area contributed by atoms with Crippen molar-refractivity contribution in [2.75, 3.05) is 24.5 Å². The Bertz CT molecular complexity index is 747. The lowest BCUT2D eigenvalue weighted by atomic mass is 9.92. The lowest BCUT2D eigenvalue weighted by Gasteiger charge is -2.39. The number of amides is 1. The van der Waals surface area contributed by atoms with Gasteiger partial charge in [-0.1, -0.05) is 12.1 Å². The van der Waals surface area contributed by atoms with Crippen molar-refractivity contribution in [2.45, 2.75) is 38.7 Å². The predicted octanol–water partition coefficient (Wildman–Crippen LogP) is 1.10. The number of anilines is 1. The number of β-amino-alcohol motifs (C(OH)–C–C–N with tert-alkyl or cyclic N) is 1. The third kappa shape index (κ3) is 4.14. The minimum Gasteiger partial charge on any atom is -0.386 e. The van der Waals surface area contributed by atoms with Crippen LogP contribution in [0.1, 0.15) is 41.7 Å². The summed E-state index contributed by atoms with van der Waals surface area (Å²) in [6.45, 7) is 5.21. The second-order valence-electron chi connectivity index (χ2n) is 6.49. The standard InChI is InChI=1S/C17H23N5O3/c1-3-13-8-14(25-21-13)16(23)18-9-17(24)5-4-6-22(10-17)15-7-12(2)19-11-20-15/h7-8,11,24H,3-6,9-10H2,1-2H3,(H,18,23)/t17-/m0/s1. The molecule has 8 nitrogen and oxygen atoms in total. The Kier molecular flexibility index (Phi) is 4.98. The van der Waals surface area contributed by atoms with E-state index in [1.807, 2.05) is 24.8 Å². The van der Waals surface area contributed by atoms with Crippen LogP contribution < -0.4 is 10.2 Å². The van der Waals surface area contributed by atoms with E-state index in [-0.39, 0.29) is 18.2 Å². The normalized spacial score (nSPS) is 20.5. The highest BCUT2D eigenvalue weighted by Gasteiger charge is 2.34. The molecule has 0 saturated carbocycles. The fraction of sp³-hybridized carbons (Fsp3) is 0.529. The third-order valence-corrected chi connectivity index (χ3v) is 4.39. The minimum atomic E-state index is -1.01. The summed E-state index contributed by atoms with van der Waals surface area (Å²) in [6.07, 6.45) is 3.66. The summed E-state index contributed by atoms with van der Waals surface area (Å²) < 4.78 is 5.02. The Labute approximate surface area is 146 Å². The molecular formula is C17H23N5O3. The highest BCUT2D eigenvalue weighted by molar-refractivity contribution is 5.91. The molecule has 2 N–H and O–H groups in total. The van der Waals surface area contributed by atoms with E-state index in [0.29, 0.717) is 19.4 Å². The fourth-order valence-corrected chi connectivity index (χ4v) is 2.98. The number of aliphatic hydroxyl groups is 1. The van der Waals surface area contributed by atoms with E-state index < -0.39 is 5.60 Å². The maximum Gasteiger partial charge on any atom is 0.290 e. The van der Waals surface area contributed by atoms with Crippen LogP contribution in [-0.4, -0.2) is 51.4 Å². The summed E-state index contributed by atoms with van der Waals surface area (Å²) in [4.78, 5) is 22.6. The van der Waals surface area contributed by atoms with Crippen molar-refractivity contribution >= 4 is 11.7 Å². The number of nitrogens with one attached hydrogen (secondary N) is 1. The Hall–Kier alpha value is -2.48. The first kappa shape index (κ1) is 17.3. The summed E-state index contributed by atoms with van der Waals surface area (Å²) in [6, 6.07) is 3.52. The average molecular weight is 345 g/mol. The smallest absolute Gasteiger partial charge is 0.290 e. The molecule has 1 amide bonds. The number of aromatic nitrogens is 3. The van der Waals surface area contributed by atoms with Gasteiger partial charge < -0.3 is 19.8 Å². The van der Waals surface area contributed by atoms with Gasteiger partial charge in [-0.15, -0.1) is 0 Å². The molecule has 8 heteroatoms. The summed E-state index contributed by atoms with van der Waals surface area (Å²) >= 11 is 0. The van der Waals surface area contributed by atoms with Crippen molar-refractivity contribution < 1.29 is 14.4 Å². The number of aryl methyl sites for hydroxylation is 2. The van der Waals surface area contributed by atoms with Crippen LogP contribution in [0.25, 0.3) is 0 Å². The molecule has 25 heavy (non-hydrogen) atoms. The van der Waals surface area contributed by atoms with Gasteiger partial charge in [0.2, 0.25) is 5.76 Å². The monoisotopic (exact) mass is 345 g/mol. The van der Waals surface area contributed by atoms with Crippen LogP contribution in [0.5, 0.6) is 0 Å². The Morgan fingerprint density at radius 1 is 1.44 bits per heavy atom. The topological polar surface area (TPSA) is 104 Å². The van der Waals surface area contributed by atoms with Crippen molar-refractivity contribution in [3.63, 3.8) is 0 Å². The van der Waals surface area contributed by atoms with E-state index in [4.69, 9.17) is 4.52 Å². The van der Waals surface area contributed by atoms with E-state index in [9.17, 15) is 9.90 Å². The van der Waals surface area contributed by atoms with Crippen LogP contribution in [0.15, 0.2) is 23.0 Å². The van der Waals surface area contributed by atoms with E-state index >= 15 is 0 Å². The molecule has 1 aliphatic rings. The van der Waals surface area contributed by atoms with Crippen LogP contribution in [0.3, 0.4) is 0 Å². The molecule has 1 aliphatic heterocycles. The van der Waals surface area contributed by atoms with Crippen molar-refractivity contribution in [1.82, 2.24) is 20.4 Å². The molecule has 0 radical (unpaired) electrons. The third-order valence-electron chi connectivity index (χ3n) is 4.39. The van der Waals surface area contributed by atoms with Crippen molar-refractivity contribution in [2.24, 2.45) is 0 Å². The zero-order chi connectivity index (χ0) is 17.9. The number of piperidine rings is 1. The van der Waals surface area contributed by atoms with Gasteiger partial charge in [0.05, 0.1) is 11.3 Å². The number of carbonyl (C=O) groups is 1. The van der Waals surface area contributed by atoms with Gasteiger partial charge in [-0.3, -0.25) is 4.79 Å². The second kappa shape index (κ2) is 7.18. The highest BCUT2D eigenvalue weighted by Crippen LogP contribution is 2.24. The van der Waals surface area contributed by atoms with Crippen molar-refractivity contribution in [1.29, 1.82) is 0 Å². The number of carbonyl (C=O) groups excluding carboxylic acids is 1. The maximum atomic E-state index is 12.2. The van der Waals surface area contributed by atoms with Crippen LogP contribution in [0, 0.1) is 6.92 Å².